The summed E-state index contributed by atoms with van der Waals surface area (Å²) in [6, 6.07) is 22.7. The van der Waals surface area contributed by atoms with Crippen molar-refractivity contribution in [3.8, 4) is 0 Å². The number of rotatable bonds is 6. The van der Waals surface area contributed by atoms with Gasteiger partial charge in [-0.2, -0.15) is 0 Å². The maximum atomic E-state index is 12.9. The van der Waals surface area contributed by atoms with Crippen LogP contribution in [-0.4, -0.2) is 0 Å². The summed E-state index contributed by atoms with van der Waals surface area (Å²) in [6.07, 6.45) is 0.957. The minimum atomic E-state index is -0.158. The van der Waals surface area contributed by atoms with Crippen LogP contribution in [0, 0.1) is 36.3 Å². The van der Waals surface area contributed by atoms with E-state index >= 15 is 0 Å². The molecule has 2 atom stereocenters. The second kappa shape index (κ2) is 15.5. The van der Waals surface area contributed by atoms with Crippen LogP contribution in [0.25, 0.3) is 0 Å². The number of hydrogen-bond acceptors (Lipinski definition) is 0. The van der Waals surface area contributed by atoms with Crippen molar-refractivity contribution in [2.75, 3.05) is 0 Å². The fourth-order valence-electron chi connectivity index (χ4n) is 3.69. The van der Waals surface area contributed by atoms with Crippen molar-refractivity contribution in [3.05, 3.63) is 107 Å². The minimum absolute atomic E-state index is 0.120. The highest BCUT2D eigenvalue weighted by Gasteiger charge is 2.09. The van der Waals surface area contributed by atoms with E-state index in [9.17, 15) is 8.78 Å². The Kier molecular flexibility index (Phi) is 13.5. The minimum Gasteiger partial charge on any atom is -0.207 e. The molecule has 0 aliphatic carbocycles. The molecule has 0 nitrogen and oxygen atoms in total. The average Bonchev–Trinajstić information content (AvgIpc) is 2.79. The van der Waals surface area contributed by atoms with Crippen LogP contribution in [0.3, 0.4) is 0 Å². The molecule has 2 unspecified atom stereocenters. The molecule has 0 N–H and O–H groups in total. The van der Waals surface area contributed by atoms with Gasteiger partial charge in [0, 0.05) is 0 Å². The Balaban J connectivity index is 0.000000263. The molecule has 0 aliphatic heterocycles. The molecule has 0 amide bonds. The van der Waals surface area contributed by atoms with Gasteiger partial charge in [-0.25, -0.2) is 8.78 Å². The molecule has 2 heteroatoms. The van der Waals surface area contributed by atoms with Crippen molar-refractivity contribution in [2.45, 2.75) is 80.6 Å². The van der Waals surface area contributed by atoms with Gasteiger partial charge < -0.3 is 0 Å². The highest BCUT2D eigenvalue weighted by molar-refractivity contribution is 5.24. The first-order valence-corrected chi connectivity index (χ1v) is 13.0. The fraction of sp³-hybridized carbons (Fsp3) is 0.455. The van der Waals surface area contributed by atoms with Crippen LogP contribution in [0.4, 0.5) is 8.78 Å². The van der Waals surface area contributed by atoms with Crippen LogP contribution in [-0.2, 0) is 6.42 Å². The number of benzene rings is 3. The third kappa shape index (κ3) is 12.2. The summed E-state index contributed by atoms with van der Waals surface area (Å²) in [6.45, 7) is 19.5. The van der Waals surface area contributed by atoms with E-state index in [1.807, 2.05) is 25.1 Å². The molecular formula is C33H46F2. The van der Waals surface area contributed by atoms with Crippen molar-refractivity contribution in [1.29, 1.82) is 0 Å². The van der Waals surface area contributed by atoms with Crippen LogP contribution in [0.2, 0.25) is 0 Å². The highest BCUT2D eigenvalue weighted by Crippen LogP contribution is 2.23. The molecule has 0 bridgehead atoms. The second-order valence-corrected chi connectivity index (χ2v) is 10.8. The monoisotopic (exact) mass is 480 g/mol. The van der Waals surface area contributed by atoms with E-state index in [0.717, 1.165) is 23.5 Å². The molecule has 0 spiro atoms. The number of halogens is 2. The summed E-state index contributed by atoms with van der Waals surface area (Å²) in [5.74, 6) is 2.83. The lowest BCUT2D eigenvalue weighted by Crippen LogP contribution is -2.01. The zero-order valence-electron chi connectivity index (χ0n) is 23.3. The molecule has 3 rings (SSSR count). The van der Waals surface area contributed by atoms with Crippen LogP contribution in [0.5, 0.6) is 0 Å². The Bertz CT molecular complexity index is 936. The third-order valence-corrected chi connectivity index (χ3v) is 6.47. The first-order chi connectivity index (χ1) is 16.4. The summed E-state index contributed by atoms with van der Waals surface area (Å²) in [5, 5.41) is 0. The van der Waals surface area contributed by atoms with Gasteiger partial charge in [0.1, 0.15) is 11.6 Å². The predicted molar refractivity (Wildman–Crippen MR) is 149 cm³/mol. The lowest BCUT2D eigenvalue weighted by Gasteiger charge is -2.15. The van der Waals surface area contributed by atoms with Gasteiger partial charge >= 0.3 is 0 Å². The molecule has 0 saturated carbocycles. The Morgan fingerprint density at radius 2 is 1.06 bits per heavy atom. The van der Waals surface area contributed by atoms with Crippen molar-refractivity contribution in [1.82, 2.24) is 0 Å². The smallest absolute Gasteiger partial charge is 0.123 e. The zero-order chi connectivity index (χ0) is 26.5. The molecule has 35 heavy (non-hydrogen) atoms. The average molecular weight is 481 g/mol. The van der Waals surface area contributed by atoms with Gasteiger partial charge in [-0.3, -0.25) is 0 Å². The number of hydrogen-bond donors (Lipinski definition) is 0. The zero-order valence-corrected chi connectivity index (χ0v) is 23.3. The van der Waals surface area contributed by atoms with Gasteiger partial charge in [-0.15, -0.1) is 0 Å². The molecule has 0 fully saturated rings. The Morgan fingerprint density at radius 3 is 1.49 bits per heavy atom. The van der Waals surface area contributed by atoms with Crippen molar-refractivity contribution in [2.24, 2.45) is 17.8 Å². The van der Waals surface area contributed by atoms with Crippen molar-refractivity contribution in [3.63, 3.8) is 0 Å². The van der Waals surface area contributed by atoms with E-state index in [4.69, 9.17) is 0 Å². The quantitative estimate of drug-likeness (QED) is 0.329. The fourth-order valence-corrected chi connectivity index (χ4v) is 3.69. The molecule has 0 heterocycles. The molecule has 3 aromatic carbocycles. The molecule has 0 saturated heterocycles. The van der Waals surface area contributed by atoms with Crippen LogP contribution < -0.4 is 0 Å². The van der Waals surface area contributed by atoms with Crippen LogP contribution in [0.15, 0.2) is 72.8 Å². The first-order valence-electron chi connectivity index (χ1n) is 13.0. The van der Waals surface area contributed by atoms with E-state index < -0.39 is 0 Å². The SMILES string of the molecule is CC(C)C(C)c1ccc(F)cc1.CC(C)C(C)c1ccccc1.Cc1cc(F)cc(CC(C)C)c1. The summed E-state index contributed by atoms with van der Waals surface area (Å²) in [7, 11) is 0. The standard InChI is InChI=1S/2C11H15F.C11H16/c1-8(2)4-10-5-9(3)6-11(12)7-10;1-8(2)9(3)10-4-6-11(12)7-5-10;1-9(2)10(3)11-7-5-4-6-8-11/h5-8H,4H2,1-3H3;4-9H,1-3H3;4-10H,1-3H3. The summed E-state index contributed by atoms with van der Waals surface area (Å²) in [5.41, 5.74) is 4.77. The van der Waals surface area contributed by atoms with Gasteiger partial charge in [-0.1, -0.05) is 104 Å². The molecular weight excluding hydrogens is 434 g/mol. The highest BCUT2D eigenvalue weighted by atomic mass is 19.1. The third-order valence-electron chi connectivity index (χ3n) is 6.47. The van der Waals surface area contributed by atoms with Crippen LogP contribution >= 0.6 is 0 Å². The Hall–Kier alpha value is -2.48. The van der Waals surface area contributed by atoms with E-state index in [2.05, 4.69) is 85.7 Å². The summed E-state index contributed by atoms with van der Waals surface area (Å²) in [4.78, 5) is 0. The van der Waals surface area contributed by atoms with Gasteiger partial charge in [-0.05, 0) is 89.5 Å². The first kappa shape index (κ1) is 30.6. The summed E-state index contributed by atoms with van der Waals surface area (Å²) < 4.78 is 25.4. The largest absolute Gasteiger partial charge is 0.207 e. The van der Waals surface area contributed by atoms with Gasteiger partial charge in [0.25, 0.3) is 0 Å². The van der Waals surface area contributed by atoms with Gasteiger partial charge in [0.05, 0.1) is 0 Å². The topological polar surface area (TPSA) is 0 Å². The molecule has 3 aromatic rings. The lowest BCUT2D eigenvalue weighted by atomic mass is 9.90. The van der Waals surface area contributed by atoms with E-state index in [1.54, 1.807) is 12.1 Å². The van der Waals surface area contributed by atoms with Gasteiger partial charge in [0.15, 0.2) is 0 Å². The van der Waals surface area contributed by atoms with Crippen LogP contribution in [0.1, 0.15) is 89.5 Å². The number of aryl methyl sites for hydroxylation is 1. The maximum absolute atomic E-state index is 12.9. The maximum Gasteiger partial charge on any atom is 0.123 e. The second-order valence-electron chi connectivity index (χ2n) is 10.8. The summed E-state index contributed by atoms with van der Waals surface area (Å²) >= 11 is 0. The molecule has 0 radical (unpaired) electrons. The van der Waals surface area contributed by atoms with Crippen molar-refractivity contribution >= 4 is 0 Å². The lowest BCUT2D eigenvalue weighted by molar-refractivity contribution is 0.533. The predicted octanol–water partition coefficient (Wildman–Crippen LogP) is 10.4. The molecule has 0 aliphatic rings. The van der Waals surface area contributed by atoms with E-state index in [0.29, 0.717) is 23.7 Å². The normalized spacial score (nSPS) is 12.5. The Morgan fingerprint density at radius 1 is 0.571 bits per heavy atom. The Labute approximate surface area is 213 Å². The van der Waals surface area contributed by atoms with Gasteiger partial charge in [0.2, 0.25) is 0 Å². The van der Waals surface area contributed by atoms with E-state index in [-0.39, 0.29) is 11.6 Å². The molecule has 0 aromatic heterocycles. The van der Waals surface area contributed by atoms with E-state index in [1.165, 1.54) is 23.3 Å². The van der Waals surface area contributed by atoms with Crippen molar-refractivity contribution < 1.29 is 8.78 Å². The molecule has 192 valence electrons.